The number of carbonyl (C=O) groups is 1. The zero-order chi connectivity index (χ0) is 13.7. The van der Waals surface area contributed by atoms with Gasteiger partial charge < -0.3 is 5.11 Å². The second-order valence-corrected chi connectivity index (χ2v) is 6.10. The van der Waals surface area contributed by atoms with Gasteiger partial charge in [0, 0.05) is 13.5 Å². The molecule has 0 bridgehead atoms. The van der Waals surface area contributed by atoms with Crippen LogP contribution in [-0.4, -0.2) is 31.6 Å². The lowest BCUT2D eigenvalue weighted by atomic mass is 9.86. The van der Waals surface area contributed by atoms with Gasteiger partial charge in [-0.3, -0.25) is 4.79 Å². The van der Waals surface area contributed by atoms with Crippen LogP contribution in [0.4, 0.5) is 0 Å². The lowest BCUT2D eigenvalue weighted by Crippen LogP contribution is -2.07. The minimum Gasteiger partial charge on any atom is -0.481 e. The highest BCUT2D eigenvalue weighted by Crippen LogP contribution is 2.27. The molecule has 1 aliphatic carbocycles. The van der Waals surface area contributed by atoms with E-state index in [0.717, 1.165) is 24.6 Å². The fraction of sp³-hybridized carbons (Fsp3) is 0.769. The fourth-order valence-corrected chi connectivity index (χ4v) is 3.24. The first kappa shape index (κ1) is 14.4. The Hall–Kier alpha value is -1.04. The summed E-state index contributed by atoms with van der Waals surface area (Å²) in [5.74, 6) is 0.889. The van der Waals surface area contributed by atoms with Gasteiger partial charge in [0.15, 0.2) is 11.0 Å². The predicted octanol–water partition coefficient (Wildman–Crippen LogP) is 2.50. The van der Waals surface area contributed by atoms with Gasteiger partial charge in [0.2, 0.25) is 0 Å². The number of hydrogen-bond donors (Lipinski definition) is 1. The second-order valence-electron chi connectivity index (χ2n) is 5.16. The number of nitrogens with zero attached hydrogens (tertiary/aromatic N) is 3. The maximum atomic E-state index is 10.5. The Morgan fingerprint density at radius 3 is 2.84 bits per heavy atom. The molecule has 106 valence electrons. The summed E-state index contributed by atoms with van der Waals surface area (Å²) in [7, 11) is 1.82. The summed E-state index contributed by atoms with van der Waals surface area (Å²) in [6.07, 6.45) is 8.86. The van der Waals surface area contributed by atoms with Crippen LogP contribution >= 0.6 is 11.8 Å². The molecule has 2 rings (SSSR count). The van der Waals surface area contributed by atoms with Crippen molar-refractivity contribution >= 4 is 17.7 Å². The van der Waals surface area contributed by atoms with Crippen LogP contribution in [0, 0.1) is 5.92 Å². The van der Waals surface area contributed by atoms with Crippen LogP contribution in [-0.2, 0) is 18.3 Å². The lowest BCUT2D eigenvalue weighted by molar-refractivity contribution is -0.133. The average Bonchev–Trinajstić information content (AvgIpc) is 2.76. The van der Waals surface area contributed by atoms with Crippen molar-refractivity contribution in [2.45, 2.75) is 50.1 Å². The molecule has 0 aromatic carbocycles. The summed E-state index contributed by atoms with van der Waals surface area (Å²) in [6, 6.07) is 0. The highest BCUT2D eigenvalue weighted by molar-refractivity contribution is 7.99. The van der Waals surface area contributed by atoms with Crippen molar-refractivity contribution in [3.63, 3.8) is 0 Å². The molecule has 1 aromatic rings. The third kappa shape index (κ3) is 4.53. The molecule has 0 radical (unpaired) electrons. The topological polar surface area (TPSA) is 68.0 Å². The monoisotopic (exact) mass is 283 g/mol. The molecule has 1 fully saturated rings. The molecule has 1 saturated carbocycles. The molecule has 0 atom stereocenters. The minimum absolute atomic E-state index is 0.0363. The normalized spacial score (nSPS) is 16.7. The van der Waals surface area contributed by atoms with Gasteiger partial charge in [-0.2, -0.15) is 5.10 Å². The standard InChI is InChI=1S/C13H21N3O2S/c1-16-13(19-9-12(17)18)14-11(15-16)8-7-10-5-3-2-4-6-10/h10H,2-9H2,1H3,(H,17,18). The summed E-state index contributed by atoms with van der Waals surface area (Å²) < 4.78 is 1.68. The van der Waals surface area contributed by atoms with Crippen molar-refractivity contribution in [1.82, 2.24) is 14.8 Å². The highest BCUT2D eigenvalue weighted by atomic mass is 32.2. The fourth-order valence-electron chi connectivity index (χ4n) is 2.59. The van der Waals surface area contributed by atoms with Crippen molar-refractivity contribution in [2.75, 3.05) is 5.75 Å². The van der Waals surface area contributed by atoms with Crippen LogP contribution in [0.3, 0.4) is 0 Å². The van der Waals surface area contributed by atoms with Crippen molar-refractivity contribution in [2.24, 2.45) is 13.0 Å². The molecule has 1 aromatic heterocycles. The molecule has 1 heterocycles. The van der Waals surface area contributed by atoms with Crippen LogP contribution in [0.1, 0.15) is 44.3 Å². The molecule has 0 saturated heterocycles. The zero-order valence-corrected chi connectivity index (χ0v) is 12.2. The number of aliphatic carboxylic acids is 1. The van der Waals surface area contributed by atoms with Gasteiger partial charge in [0.25, 0.3) is 0 Å². The van der Waals surface area contributed by atoms with E-state index in [9.17, 15) is 4.79 Å². The Labute approximate surface area is 117 Å². The number of aryl methyl sites for hydroxylation is 2. The van der Waals surface area contributed by atoms with E-state index in [1.165, 1.54) is 43.9 Å². The Morgan fingerprint density at radius 1 is 1.42 bits per heavy atom. The molecule has 6 heteroatoms. The lowest BCUT2D eigenvalue weighted by Gasteiger charge is -2.20. The number of aromatic nitrogens is 3. The van der Waals surface area contributed by atoms with Crippen molar-refractivity contribution < 1.29 is 9.90 Å². The van der Waals surface area contributed by atoms with Gasteiger partial charge in [-0.1, -0.05) is 43.9 Å². The number of thioether (sulfide) groups is 1. The van der Waals surface area contributed by atoms with Gasteiger partial charge >= 0.3 is 5.97 Å². The number of hydrogen-bond acceptors (Lipinski definition) is 4. The van der Waals surface area contributed by atoms with Crippen LogP contribution in [0.25, 0.3) is 0 Å². The predicted molar refractivity (Wildman–Crippen MR) is 74.3 cm³/mol. The Morgan fingerprint density at radius 2 is 2.16 bits per heavy atom. The first-order valence-electron chi connectivity index (χ1n) is 6.89. The molecule has 1 aliphatic rings. The average molecular weight is 283 g/mol. The summed E-state index contributed by atoms with van der Waals surface area (Å²) in [6.45, 7) is 0. The van der Waals surface area contributed by atoms with Gasteiger partial charge in [-0.05, 0) is 12.3 Å². The highest BCUT2D eigenvalue weighted by Gasteiger charge is 2.15. The molecule has 0 aliphatic heterocycles. The van der Waals surface area contributed by atoms with E-state index >= 15 is 0 Å². The molecule has 0 amide bonds. The summed E-state index contributed by atoms with van der Waals surface area (Å²) in [5, 5.41) is 13.7. The quantitative estimate of drug-likeness (QED) is 0.812. The van der Waals surface area contributed by atoms with Gasteiger partial charge in [0.05, 0.1) is 5.75 Å². The van der Waals surface area contributed by atoms with E-state index < -0.39 is 5.97 Å². The molecule has 0 unspecified atom stereocenters. The number of carboxylic acids is 1. The Kier molecular flexibility index (Phi) is 5.24. The van der Waals surface area contributed by atoms with E-state index in [0.29, 0.717) is 5.16 Å². The summed E-state index contributed by atoms with van der Waals surface area (Å²) in [4.78, 5) is 15.0. The third-order valence-electron chi connectivity index (χ3n) is 3.59. The maximum Gasteiger partial charge on any atom is 0.313 e. The van der Waals surface area contributed by atoms with E-state index in [1.54, 1.807) is 4.68 Å². The van der Waals surface area contributed by atoms with Gasteiger partial charge in [-0.15, -0.1) is 0 Å². The van der Waals surface area contributed by atoms with Crippen LogP contribution in [0.15, 0.2) is 5.16 Å². The van der Waals surface area contributed by atoms with E-state index in [1.807, 2.05) is 7.05 Å². The second kappa shape index (κ2) is 6.93. The smallest absolute Gasteiger partial charge is 0.313 e. The van der Waals surface area contributed by atoms with E-state index in [-0.39, 0.29) is 5.75 Å². The SMILES string of the molecule is Cn1nc(CCC2CCCCC2)nc1SCC(=O)O. The molecule has 5 nitrogen and oxygen atoms in total. The first-order valence-corrected chi connectivity index (χ1v) is 7.88. The molecular weight excluding hydrogens is 262 g/mol. The summed E-state index contributed by atoms with van der Waals surface area (Å²) >= 11 is 1.23. The Balaban J connectivity index is 1.83. The largest absolute Gasteiger partial charge is 0.481 e. The number of rotatable bonds is 6. The number of carboxylic acid groups (broad SMARTS) is 1. The molecule has 0 spiro atoms. The first-order chi connectivity index (χ1) is 9.15. The van der Waals surface area contributed by atoms with Crippen molar-refractivity contribution in [1.29, 1.82) is 0 Å². The minimum atomic E-state index is -0.822. The van der Waals surface area contributed by atoms with Crippen LogP contribution < -0.4 is 0 Å². The Bertz CT molecular complexity index is 428. The third-order valence-corrected chi connectivity index (χ3v) is 4.60. The van der Waals surface area contributed by atoms with E-state index in [4.69, 9.17) is 5.11 Å². The maximum absolute atomic E-state index is 10.5. The van der Waals surface area contributed by atoms with E-state index in [2.05, 4.69) is 10.1 Å². The van der Waals surface area contributed by atoms with Gasteiger partial charge in [-0.25, -0.2) is 9.67 Å². The summed E-state index contributed by atoms with van der Waals surface area (Å²) in [5.41, 5.74) is 0. The van der Waals surface area contributed by atoms with Crippen LogP contribution in [0.2, 0.25) is 0 Å². The van der Waals surface area contributed by atoms with Crippen molar-refractivity contribution in [3.8, 4) is 0 Å². The molecule has 19 heavy (non-hydrogen) atoms. The molecule has 1 N–H and O–H groups in total. The van der Waals surface area contributed by atoms with Gasteiger partial charge in [0.1, 0.15) is 0 Å². The van der Waals surface area contributed by atoms with Crippen molar-refractivity contribution in [3.05, 3.63) is 5.82 Å². The molecular formula is C13H21N3O2S. The van der Waals surface area contributed by atoms with Crippen LogP contribution in [0.5, 0.6) is 0 Å². The zero-order valence-electron chi connectivity index (χ0n) is 11.3.